The molecule has 0 fully saturated rings. The summed E-state index contributed by atoms with van der Waals surface area (Å²) >= 11 is 3.13. The third kappa shape index (κ3) is 3.78. The summed E-state index contributed by atoms with van der Waals surface area (Å²) in [4.78, 5) is 8.75. The van der Waals surface area contributed by atoms with Crippen molar-refractivity contribution in [2.45, 2.75) is 11.9 Å². The van der Waals surface area contributed by atoms with Gasteiger partial charge in [-0.1, -0.05) is 6.07 Å². The van der Waals surface area contributed by atoms with Crippen molar-refractivity contribution in [3.05, 3.63) is 35.5 Å². The molecule has 0 aliphatic heterocycles. The molecule has 0 saturated carbocycles. The Labute approximate surface area is 114 Å². The number of rotatable bonds is 6. The summed E-state index contributed by atoms with van der Waals surface area (Å²) in [6.07, 6.45) is 1.10. The smallest absolute Gasteiger partial charge is 0.142 e. The predicted molar refractivity (Wildman–Crippen MR) is 74.6 cm³/mol. The van der Waals surface area contributed by atoms with Crippen LogP contribution >= 0.6 is 23.1 Å². The lowest BCUT2D eigenvalue weighted by Gasteiger charge is -2.04. The maximum Gasteiger partial charge on any atom is 0.142 e. The van der Waals surface area contributed by atoms with Crippen molar-refractivity contribution in [3.63, 3.8) is 0 Å². The van der Waals surface area contributed by atoms with E-state index in [9.17, 15) is 5.11 Å². The number of hydrogen-bond acceptors (Lipinski definition) is 6. The number of aliphatic hydroxyl groups excluding tert-OH is 2. The first kappa shape index (κ1) is 13.5. The van der Waals surface area contributed by atoms with Gasteiger partial charge in [0.15, 0.2) is 0 Å². The number of nitrogens with zero attached hydrogens (tertiary/aromatic N) is 2. The van der Waals surface area contributed by atoms with Gasteiger partial charge in [-0.05, 0) is 12.1 Å². The topological polar surface area (TPSA) is 66.2 Å². The molecule has 0 unspecified atom stereocenters. The quantitative estimate of drug-likeness (QED) is 0.845. The van der Waals surface area contributed by atoms with E-state index in [0.29, 0.717) is 5.75 Å². The fourth-order valence-corrected chi connectivity index (χ4v) is 3.09. The summed E-state index contributed by atoms with van der Waals surface area (Å²) in [5, 5.41) is 20.8. The van der Waals surface area contributed by atoms with Crippen LogP contribution in [0.4, 0.5) is 0 Å². The summed E-state index contributed by atoms with van der Waals surface area (Å²) in [5.74, 6) is 1.26. The van der Waals surface area contributed by atoms with Crippen LogP contribution in [0.1, 0.15) is 5.69 Å². The first-order valence-corrected chi connectivity index (χ1v) is 7.55. The van der Waals surface area contributed by atoms with Crippen molar-refractivity contribution >= 4 is 23.1 Å². The van der Waals surface area contributed by atoms with Crippen LogP contribution in [0.15, 0.2) is 29.8 Å². The summed E-state index contributed by atoms with van der Waals surface area (Å²) in [7, 11) is 0. The third-order valence-electron chi connectivity index (χ3n) is 2.21. The Morgan fingerprint density at radius 2 is 2.28 bits per heavy atom. The molecule has 96 valence electrons. The normalized spacial score (nSPS) is 12.6. The van der Waals surface area contributed by atoms with Crippen LogP contribution in [0.3, 0.4) is 0 Å². The van der Waals surface area contributed by atoms with Gasteiger partial charge in [-0.25, -0.2) is 4.98 Å². The zero-order valence-electron chi connectivity index (χ0n) is 9.69. The van der Waals surface area contributed by atoms with E-state index in [2.05, 4.69) is 9.97 Å². The number of pyridine rings is 1. The molecular formula is C12H14N2O2S2. The molecule has 2 aromatic rings. The van der Waals surface area contributed by atoms with E-state index in [4.69, 9.17) is 5.11 Å². The van der Waals surface area contributed by atoms with Gasteiger partial charge in [-0.2, -0.15) is 11.8 Å². The second kappa shape index (κ2) is 6.84. The largest absolute Gasteiger partial charge is 0.394 e. The van der Waals surface area contributed by atoms with Gasteiger partial charge < -0.3 is 10.2 Å². The number of aliphatic hydroxyl groups is 2. The lowest BCUT2D eigenvalue weighted by molar-refractivity contribution is 0.113. The van der Waals surface area contributed by atoms with Gasteiger partial charge in [0.2, 0.25) is 0 Å². The molecule has 0 saturated heterocycles. The Hall–Kier alpha value is -0.950. The first-order chi connectivity index (χ1) is 8.79. The van der Waals surface area contributed by atoms with Crippen LogP contribution in [-0.4, -0.2) is 38.6 Å². The minimum atomic E-state index is -0.649. The maximum atomic E-state index is 9.22. The molecule has 2 aromatic heterocycles. The van der Waals surface area contributed by atoms with Gasteiger partial charge >= 0.3 is 0 Å². The highest BCUT2D eigenvalue weighted by Crippen LogP contribution is 2.23. The Bertz CT molecular complexity index is 476. The average Bonchev–Trinajstić information content (AvgIpc) is 2.88. The van der Waals surface area contributed by atoms with Crippen molar-refractivity contribution < 1.29 is 10.2 Å². The number of thioether (sulfide) groups is 1. The Kier molecular flexibility index (Phi) is 5.12. The van der Waals surface area contributed by atoms with Crippen LogP contribution in [0.5, 0.6) is 0 Å². The van der Waals surface area contributed by atoms with Gasteiger partial charge in [0.05, 0.1) is 24.1 Å². The van der Waals surface area contributed by atoms with Gasteiger partial charge in [-0.15, -0.1) is 11.3 Å². The van der Waals surface area contributed by atoms with E-state index in [0.717, 1.165) is 22.1 Å². The fourth-order valence-electron chi connectivity index (χ4n) is 1.33. The zero-order chi connectivity index (χ0) is 12.8. The van der Waals surface area contributed by atoms with E-state index in [1.165, 1.54) is 0 Å². The van der Waals surface area contributed by atoms with Crippen LogP contribution in [0.2, 0.25) is 0 Å². The molecule has 0 aromatic carbocycles. The molecule has 0 aliphatic carbocycles. The van der Waals surface area contributed by atoms with Crippen LogP contribution in [-0.2, 0) is 5.75 Å². The Morgan fingerprint density at radius 1 is 1.39 bits per heavy atom. The standard InChI is InChI=1S/C12H14N2O2S2/c15-5-10(16)8-17-6-9-7-18-12(14-9)11-3-1-2-4-13-11/h1-4,7,10,15-16H,5-6,8H2/t10-/m0/s1. The SMILES string of the molecule is OC[C@H](O)CSCc1csc(-c2ccccn2)n1. The molecule has 0 spiro atoms. The minimum absolute atomic E-state index is 0.191. The molecule has 6 heteroatoms. The molecule has 4 nitrogen and oxygen atoms in total. The van der Waals surface area contributed by atoms with Crippen LogP contribution < -0.4 is 0 Å². The van der Waals surface area contributed by atoms with Crippen LogP contribution in [0.25, 0.3) is 10.7 Å². The summed E-state index contributed by atoms with van der Waals surface area (Å²) < 4.78 is 0. The lowest BCUT2D eigenvalue weighted by Crippen LogP contribution is -2.14. The van der Waals surface area contributed by atoms with E-state index in [1.807, 2.05) is 23.6 Å². The van der Waals surface area contributed by atoms with Gasteiger partial charge in [0.25, 0.3) is 0 Å². The molecule has 2 rings (SSSR count). The number of hydrogen-bond donors (Lipinski definition) is 2. The highest BCUT2D eigenvalue weighted by Gasteiger charge is 2.07. The van der Waals surface area contributed by atoms with E-state index in [1.54, 1.807) is 29.3 Å². The molecular weight excluding hydrogens is 268 g/mol. The zero-order valence-corrected chi connectivity index (χ0v) is 11.3. The molecule has 0 bridgehead atoms. The van der Waals surface area contributed by atoms with E-state index < -0.39 is 6.10 Å². The summed E-state index contributed by atoms with van der Waals surface area (Å²) in [6, 6.07) is 5.76. The monoisotopic (exact) mass is 282 g/mol. The average molecular weight is 282 g/mol. The Balaban J connectivity index is 1.91. The first-order valence-electron chi connectivity index (χ1n) is 5.52. The third-order valence-corrected chi connectivity index (χ3v) is 4.24. The molecule has 0 amide bonds. The molecule has 2 heterocycles. The second-order valence-electron chi connectivity index (χ2n) is 3.71. The van der Waals surface area contributed by atoms with Crippen molar-refractivity contribution in [1.82, 2.24) is 9.97 Å². The summed E-state index contributed by atoms with van der Waals surface area (Å²) in [5.41, 5.74) is 1.87. The molecule has 2 N–H and O–H groups in total. The van der Waals surface area contributed by atoms with Gasteiger partial charge in [0, 0.05) is 23.1 Å². The fraction of sp³-hybridized carbons (Fsp3) is 0.333. The van der Waals surface area contributed by atoms with Crippen molar-refractivity contribution in [2.75, 3.05) is 12.4 Å². The van der Waals surface area contributed by atoms with Gasteiger partial charge in [-0.3, -0.25) is 4.98 Å². The maximum absolute atomic E-state index is 9.22. The van der Waals surface area contributed by atoms with Crippen molar-refractivity contribution in [2.24, 2.45) is 0 Å². The Morgan fingerprint density at radius 3 is 3.00 bits per heavy atom. The molecule has 18 heavy (non-hydrogen) atoms. The number of aromatic nitrogens is 2. The van der Waals surface area contributed by atoms with Crippen LogP contribution in [0, 0.1) is 0 Å². The van der Waals surface area contributed by atoms with Crippen molar-refractivity contribution in [3.8, 4) is 10.7 Å². The molecule has 0 radical (unpaired) electrons. The van der Waals surface area contributed by atoms with E-state index >= 15 is 0 Å². The number of thiazole rings is 1. The second-order valence-corrected chi connectivity index (χ2v) is 5.60. The van der Waals surface area contributed by atoms with Gasteiger partial charge in [0.1, 0.15) is 5.01 Å². The highest BCUT2D eigenvalue weighted by molar-refractivity contribution is 7.98. The minimum Gasteiger partial charge on any atom is -0.394 e. The summed E-state index contributed by atoms with van der Waals surface area (Å²) in [6.45, 7) is -0.191. The van der Waals surface area contributed by atoms with Crippen molar-refractivity contribution in [1.29, 1.82) is 0 Å². The highest BCUT2D eigenvalue weighted by atomic mass is 32.2. The predicted octanol–water partition coefficient (Wildman–Crippen LogP) is 1.79. The molecule has 1 atom stereocenters. The van der Waals surface area contributed by atoms with E-state index in [-0.39, 0.29) is 6.61 Å². The molecule has 0 aliphatic rings. The lowest BCUT2D eigenvalue weighted by atomic mass is 10.4.